The zero-order valence-electron chi connectivity index (χ0n) is 14.1. The van der Waals surface area contributed by atoms with Gasteiger partial charge >= 0.3 is 0 Å². The van der Waals surface area contributed by atoms with Gasteiger partial charge in [0, 0.05) is 6.42 Å². The number of hydrogen-bond donors (Lipinski definition) is 0. The molecular weight excluding hydrogens is 268 g/mol. The molecule has 124 valence electrons. The zero-order valence-corrected chi connectivity index (χ0v) is 14.1. The van der Waals surface area contributed by atoms with Gasteiger partial charge in [-0.2, -0.15) is 0 Å². The summed E-state index contributed by atoms with van der Waals surface area (Å²) >= 11 is 0. The fourth-order valence-electron chi connectivity index (χ4n) is 2.49. The predicted octanol–water partition coefficient (Wildman–Crippen LogP) is 2.11. The van der Waals surface area contributed by atoms with E-state index in [2.05, 4.69) is 37.5 Å². The molecule has 1 saturated carbocycles. The third-order valence-electron chi connectivity index (χ3n) is 4.28. The summed E-state index contributed by atoms with van der Waals surface area (Å²) in [5.41, 5.74) is 0. The Morgan fingerprint density at radius 3 is 1.90 bits per heavy atom. The number of Topliss-reactive ketones (excluding diaryl/α,β-unsaturated/α-hetero) is 1. The second kappa shape index (κ2) is 10.3. The lowest BCUT2D eigenvalue weighted by Crippen LogP contribution is -2.39. The zero-order chi connectivity index (χ0) is 15.7. The number of ketones is 1. The fourth-order valence-corrected chi connectivity index (χ4v) is 2.49. The number of carbonyl (C=O) groups excluding carboxylic acids is 1. The van der Waals surface area contributed by atoms with Gasteiger partial charge in [-0.3, -0.25) is 14.6 Å². The predicted molar refractivity (Wildman–Crippen MR) is 84.2 cm³/mol. The van der Waals surface area contributed by atoms with Crippen molar-refractivity contribution in [2.24, 2.45) is 0 Å². The molecule has 2 unspecified atom stereocenters. The minimum atomic E-state index is -0.237. The maximum Gasteiger partial charge on any atom is 0.164 e. The van der Waals surface area contributed by atoms with Gasteiger partial charge in [0.25, 0.3) is 0 Å². The number of hydrogen-bond acceptors (Lipinski definition) is 5. The smallest absolute Gasteiger partial charge is 0.164 e. The lowest BCUT2D eigenvalue weighted by molar-refractivity contribution is -0.144. The maximum atomic E-state index is 12.1. The molecule has 1 rings (SSSR count). The Bertz CT molecular complexity index is 291. The van der Waals surface area contributed by atoms with Gasteiger partial charge in [-0.05, 0) is 39.0 Å². The Morgan fingerprint density at radius 2 is 1.43 bits per heavy atom. The van der Waals surface area contributed by atoms with E-state index >= 15 is 0 Å². The summed E-state index contributed by atoms with van der Waals surface area (Å²) in [6, 6.07) is 0. The molecule has 0 saturated heterocycles. The van der Waals surface area contributed by atoms with Crippen LogP contribution in [0, 0.1) is 0 Å². The van der Waals surface area contributed by atoms with Crippen molar-refractivity contribution in [3.8, 4) is 0 Å². The average Bonchev–Trinajstić information content (AvgIpc) is 2.51. The Balaban J connectivity index is 2.28. The van der Waals surface area contributed by atoms with Crippen LogP contribution in [0.15, 0.2) is 0 Å². The van der Waals surface area contributed by atoms with E-state index in [0.29, 0.717) is 19.9 Å². The second-order valence-electron chi connectivity index (χ2n) is 5.56. The molecule has 0 heterocycles. The van der Waals surface area contributed by atoms with E-state index in [1.54, 1.807) is 0 Å². The van der Waals surface area contributed by atoms with Crippen LogP contribution in [-0.2, 0) is 14.3 Å². The molecule has 1 aliphatic rings. The third-order valence-corrected chi connectivity index (χ3v) is 4.28. The minimum Gasteiger partial charge on any atom is -0.362 e. The van der Waals surface area contributed by atoms with Crippen LogP contribution in [0.4, 0.5) is 0 Å². The van der Waals surface area contributed by atoms with Crippen LogP contribution in [-0.4, -0.2) is 67.4 Å². The Hall–Kier alpha value is -0.490. The van der Waals surface area contributed by atoms with E-state index in [9.17, 15) is 4.79 Å². The molecule has 5 nitrogen and oxygen atoms in total. The SMILES string of the molecule is CCN(CC)COC1CCC(OCN(CC)CC)C(=O)C1. The first-order chi connectivity index (χ1) is 10.1. The van der Waals surface area contributed by atoms with Crippen LogP contribution in [0.1, 0.15) is 47.0 Å². The topological polar surface area (TPSA) is 42.0 Å². The molecule has 0 aromatic heterocycles. The first-order valence-corrected chi connectivity index (χ1v) is 8.35. The van der Waals surface area contributed by atoms with Crippen molar-refractivity contribution in [2.45, 2.75) is 59.2 Å². The van der Waals surface area contributed by atoms with Gasteiger partial charge in [-0.1, -0.05) is 27.7 Å². The largest absolute Gasteiger partial charge is 0.362 e. The van der Waals surface area contributed by atoms with E-state index < -0.39 is 0 Å². The van der Waals surface area contributed by atoms with Gasteiger partial charge in [0.2, 0.25) is 0 Å². The van der Waals surface area contributed by atoms with Crippen molar-refractivity contribution in [1.82, 2.24) is 9.80 Å². The monoisotopic (exact) mass is 300 g/mol. The minimum absolute atomic E-state index is 0.0615. The highest BCUT2D eigenvalue weighted by Crippen LogP contribution is 2.21. The fraction of sp³-hybridized carbons (Fsp3) is 0.938. The van der Waals surface area contributed by atoms with Crippen LogP contribution in [0.25, 0.3) is 0 Å². The summed E-state index contributed by atoms with van der Waals surface area (Å²) < 4.78 is 11.6. The summed E-state index contributed by atoms with van der Waals surface area (Å²) in [6.45, 7) is 13.5. The summed E-state index contributed by atoms with van der Waals surface area (Å²) in [5, 5.41) is 0. The summed E-state index contributed by atoms with van der Waals surface area (Å²) in [5.74, 6) is 0.193. The van der Waals surface area contributed by atoms with Gasteiger partial charge in [0.15, 0.2) is 5.78 Å². The van der Waals surface area contributed by atoms with Crippen molar-refractivity contribution < 1.29 is 14.3 Å². The lowest BCUT2D eigenvalue weighted by Gasteiger charge is -2.30. The maximum absolute atomic E-state index is 12.1. The normalized spacial score (nSPS) is 23.2. The van der Waals surface area contributed by atoms with Crippen LogP contribution in [0.2, 0.25) is 0 Å². The van der Waals surface area contributed by atoms with Crippen molar-refractivity contribution >= 4 is 5.78 Å². The van der Waals surface area contributed by atoms with E-state index in [1.807, 2.05) is 0 Å². The summed E-state index contributed by atoms with van der Waals surface area (Å²) in [7, 11) is 0. The Labute approximate surface area is 129 Å². The van der Waals surface area contributed by atoms with Gasteiger partial charge in [-0.15, -0.1) is 0 Å². The standard InChI is InChI=1S/C16H32N2O3/c1-5-17(6-2)12-20-14-9-10-16(15(19)11-14)21-13-18(7-3)8-4/h14,16H,5-13H2,1-4H3. The second-order valence-corrected chi connectivity index (χ2v) is 5.56. The van der Waals surface area contributed by atoms with E-state index in [0.717, 1.165) is 39.0 Å². The van der Waals surface area contributed by atoms with Crippen LogP contribution in [0.5, 0.6) is 0 Å². The van der Waals surface area contributed by atoms with Gasteiger partial charge < -0.3 is 9.47 Å². The molecule has 0 radical (unpaired) electrons. The van der Waals surface area contributed by atoms with Crippen molar-refractivity contribution in [3.05, 3.63) is 0 Å². The van der Waals surface area contributed by atoms with Gasteiger partial charge in [0.05, 0.1) is 19.6 Å². The molecule has 0 N–H and O–H groups in total. The first-order valence-electron chi connectivity index (χ1n) is 8.35. The Kier molecular flexibility index (Phi) is 9.08. The van der Waals surface area contributed by atoms with Crippen LogP contribution >= 0.6 is 0 Å². The molecule has 0 amide bonds. The molecule has 0 aromatic carbocycles. The molecule has 2 atom stereocenters. The summed E-state index contributed by atoms with van der Waals surface area (Å²) in [6.07, 6.45) is 2.01. The van der Waals surface area contributed by atoms with Crippen LogP contribution in [0.3, 0.4) is 0 Å². The quantitative estimate of drug-likeness (QED) is 0.578. The molecular formula is C16H32N2O3. The van der Waals surface area contributed by atoms with E-state index in [-0.39, 0.29) is 18.0 Å². The average molecular weight is 300 g/mol. The number of carbonyl (C=O) groups is 1. The molecule has 0 spiro atoms. The highest BCUT2D eigenvalue weighted by atomic mass is 16.5. The molecule has 1 fully saturated rings. The number of ether oxygens (including phenoxy) is 2. The number of nitrogens with zero attached hydrogens (tertiary/aromatic N) is 2. The van der Waals surface area contributed by atoms with Crippen molar-refractivity contribution in [2.75, 3.05) is 39.6 Å². The highest BCUT2D eigenvalue weighted by Gasteiger charge is 2.30. The van der Waals surface area contributed by atoms with Crippen molar-refractivity contribution in [3.63, 3.8) is 0 Å². The van der Waals surface area contributed by atoms with E-state index in [4.69, 9.17) is 9.47 Å². The summed E-state index contributed by atoms with van der Waals surface area (Å²) in [4.78, 5) is 16.5. The molecule has 0 aromatic rings. The molecule has 0 aliphatic heterocycles. The molecule has 5 heteroatoms. The molecule has 0 bridgehead atoms. The van der Waals surface area contributed by atoms with Gasteiger partial charge in [-0.25, -0.2) is 0 Å². The third kappa shape index (κ3) is 6.43. The number of rotatable bonds is 10. The van der Waals surface area contributed by atoms with Gasteiger partial charge in [0.1, 0.15) is 6.10 Å². The molecule has 21 heavy (non-hydrogen) atoms. The first kappa shape index (κ1) is 18.6. The van der Waals surface area contributed by atoms with Crippen molar-refractivity contribution in [1.29, 1.82) is 0 Å². The molecule has 1 aliphatic carbocycles. The van der Waals surface area contributed by atoms with E-state index in [1.165, 1.54) is 0 Å². The Morgan fingerprint density at radius 1 is 0.905 bits per heavy atom. The lowest BCUT2D eigenvalue weighted by atomic mass is 9.94. The highest BCUT2D eigenvalue weighted by molar-refractivity contribution is 5.84. The van der Waals surface area contributed by atoms with Crippen LogP contribution < -0.4 is 0 Å².